The number of urea groups is 1. The zero-order chi connectivity index (χ0) is 41.4. The summed E-state index contributed by atoms with van der Waals surface area (Å²) in [5.74, 6) is -2.04. The second kappa shape index (κ2) is 14.3. The van der Waals surface area contributed by atoms with E-state index < -0.39 is 84.4 Å². The molecular weight excluding hydrogens is 759 g/mol. The number of rotatable bonds is 15. The van der Waals surface area contributed by atoms with Gasteiger partial charge in [-0.3, -0.25) is 19.2 Å². The Labute approximate surface area is 332 Å². The minimum absolute atomic E-state index is 0.00330. The predicted octanol–water partition coefficient (Wildman–Crippen LogP) is 2.70. The quantitative estimate of drug-likeness (QED) is 0.164. The Balaban J connectivity index is 1.22. The van der Waals surface area contributed by atoms with E-state index in [9.17, 15) is 36.3 Å². The third-order valence-corrected chi connectivity index (χ3v) is 17.7. The lowest BCUT2D eigenvalue weighted by Gasteiger charge is -2.38. The number of likely N-dealkylation sites (N-methyl/N-ethyl adjacent to an activating group) is 1. The number of carbonyl (C=O) groups is 3. The summed E-state index contributed by atoms with van der Waals surface area (Å²) < 4.78 is 55.5. The first-order valence-electron chi connectivity index (χ1n) is 19.8. The minimum atomic E-state index is -3.95. The number of aliphatic hydroxyl groups is 1. The first-order chi connectivity index (χ1) is 25.9. The normalized spacial score (nSPS) is 29.6. The highest BCUT2D eigenvalue weighted by molar-refractivity contribution is 7.91. The number of pyridine rings is 1. The molecule has 1 unspecified atom stereocenters. The van der Waals surface area contributed by atoms with E-state index in [0.717, 1.165) is 23.6 Å². The molecule has 0 aromatic carbocycles. The molecule has 1 aliphatic heterocycles. The van der Waals surface area contributed by atoms with Crippen LogP contribution >= 0.6 is 0 Å². The average molecular weight is 820 g/mol. The van der Waals surface area contributed by atoms with Gasteiger partial charge in [0, 0.05) is 38.3 Å². The van der Waals surface area contributed by atoms with E-state index in [0.29, 0.717) is 25.8 Å². The topological polar surface area (TPSA) is 207 Å². The fraction of sp³-hybridized carbons (Fsp3) is 0.744. The van der Waals surface area contributed by atoms with Crippen LogP contribution in [0.25, 0.3) is 0 Å². The fourth-order valence-electron chi connectivity index (χ4n) is 9.86. The summed E-state index contributed by atoms with van der Waals surface area (Å²) in [6.07, 6.45) is 6.32. The van der Waals surface area contributed by atoms with Crippen LogP contribution in [0.15, 0.2) is 42.1 Å². The highest BCUT2D eigenvalue weighted by Crippen LogP contribution is 2.88. The molecule has 15 nitrogen and oxygen atoms in total. The molecule has 0 radical (unpaired) electrons. The van der Waals surface area contributed by atoms with Gasteiger partial charge in [-0.25, -0.2) is 26.6 Å². The molecule has 5 fully saturated rings. The molecule has 2 spiro atoms. The summed E-state index contributed by atoms with van der Waals surface area (Å²) in [7, 11) is -6.39. The Bertz CT molecular complexity index is 1950. The summed E-state index contributed by atoms with van der Waals surface area (Å²) >= 11 is 0. The van der Waals surface area contributed by atoms with E-state index in [2.05, 4.69) is 46.1 Å². The van der Waals surface area contributed by atoms with Crippen molar-refractivity contribution in [1.29, 1.82) is 0 Å². The van der Waals surface area contributed by atoms with Gasteiger partial charge in [0.1, 0.15) is 11.8 Å². The van der Waals surface area contributed by atoms with Crippen molar-refractivity contribution in [2.75, 3.05) is 20.1 Å². The molecule has 56 heavy (non-hydrogen) atoms. The minimum Gasteiger partial charge on any atom is -0.376 e. The average Bonchev–Trinajstić information content (AvgIpc) is 4.04. The van der Waals surface area contributed by atoms with Crippen molar-refractivity contribution in [2.24, 2.45) is 33.5 Å². The molecule has 5 aliphatic rings. The van der Waals surface area contributed by atoms with Crippen LogP contribution in [0, 0.1) is 33.5 Å². The second-order valence-electron chi connectivity index (χ2n) is 18.9. The van der Waals surface area contributed by atoms with Gasteiger partial charge in [0.25, 0.3) is 15.9 Å². The maximum Gasteiger partial charge on any atom is 0.315 e. The number of nitrogens with one attached hydrogen (secondary N) is 4. The van der Waals surface area contributed by atoms with Crippen LogP contribution in [0.5, 0.6) is 0 Å². The third-order valence-electron chi connectivity index (χ3n) is 14.2. The third kappa shape index (κ3) is 7.06. The smallest absolute Gasteiger partial charge is 0.315 e. The van der Waals surface area contributed by atoms with Crippen molar-refractivity contribution in [3.63, 3.8) is 0 Å². The van der Waals surface area contributed by atoms with Gasteiger partial charge in [-0.1, -0.05) is 67.0 Å². The van der Waals surface area contributed by atoms with Gasteiger partial charge in [0.2, 0.25) is 15.9 Å². The van der Waals surface area contributed by atoms with Gasteiger partial charge in [-0.15, -0.1) is 6.58 Å². The van der Waals surface area contributed by atoms with Crippen molar-refractivity contribution in [3.8, 4) is 0 Å². The highest BCUT2D eigenvalue weighted by atomic mass is 32.2. The molecule has 4 aliphatic carbocycles. The van der Waals surface area contributed by atoms with Gasteiger partial charge >= 0.3 is 6.03 Å². The predicted molar refractivity (Wildman–Crippen MR) is 210 cm³/mol. The number of hydrogen-bond acceptors (Lipinski definition) is 10. The van der Waals surface area contributed by atoms with Crippen LogP contribution in [0.2, 0.25) is 0 Å². The van der Waals surface area contributed by atoms with E-state index in [1.165, 1.54) is 19.3 Å². The molecule has 312 valence electrons. The van der Waals surface area contributed by atoms with Crippen molar-refractivity contribution in [3.05, 3.63) is 37.1 Å². The standard InChI is InChI=1S/C39H61N7O8S2/c1-10-25-20-39(25,33(49)44-55(51,52)26-15-16-26)43-31(47)27-21-38(36(7,8)37(38)17-13-18-37)23-46(27)32(48)30(24(2)3)42-34(50)41-28(35(4,5)6)22-45(9)56(53,54)29-14-11-12-19-40-29/h10-12,14,19,24-28,30,32,48H,1,13,15-18,20-23H2,2-9H3,(H,43,47)(H,44,49)(H2,41,42,50)/t25-,27+,28-,30+,32?,38-,39-/m1/s1. The number of hydrogen-bond donors (Lipinski definition) is 5. The zero-order valence-electron chi connectivity index (χ0n) is 34.0. The van der Waals surface area contributed by atoms with E-state index in [-0.39, 0.29) is 40.2 Å². The SMILES string of the molecule is C=C[C@@H]1C[C@]1(NC(=O)[C@@H]1C[C@@]2(CN1C(O)[C@@H](NC(=O)N[C@H](CN(C)S(=O)(=O)c1ccccn1)C(C)(C)C)C(C)C)C(C)(C)C21CCC1)C(=O)NS(=O)(=O)C1CC1. The number of carbonyl (C=O) groups excluding carboxylic acids is 3. The van der Waals surface area contributed by atoms with Crippen LogP contribution in [0.4, 0.5) is 4.79 Å². The van der Waals surface area contributed by atoms with Crippen molar-refractivity contribution in [1.82, 2.24) is 34.9 Å². The molecule has 6 rings (SSSR count). The van der Waals surface area contributed by atoms with Gasteiger partial charge in [0.05, 0.1) is 17.3 Å². The largest absolute Gasteiger partial charge is 0.376 e. The lowest BCUT2D eigenvalue weighted by Crippen LogP contribution is -2.62. The van der Waals surface area contributed by atoms with E-state index in [1.54, 1.807) is 23.1 Å². The molecule has 1 aromatic rings. The number of nitrogens with zero attached hydrogens (tertiary/aromatic N) is 3. The maximum atomic E-state index is 14.5. The Morgan fingerprint density at radius 2 is 1.73 bits per heavy atom. The summed E-state index contributed by atoms with van der Waals surface area (Å²) in [6.45, 7) is 18.0. The summed E-state index contributed by atoms with van der Waals surface area (Å²) in [5.41, 5.74) is -2.47. The summed E-state index contributed by atoms with van der Waals surface area (Å²) in [4.78, 5) is 47.7. The zero-order valence-corrected chi connectivity index (χ0v) is 35.6. The molecule has 17 heteroatoms. The van der Waals surface area contributed by atoms with Crippen molar-refractivity contribution < 1.29 is 36.3 Å². The fourth-order valence-corrected chi connectivity index (χ4v) is 12.3. The van der Waals surface area contributed by atoms with Gasteiger partial charge < -0.3 is 21.1 Å². The van der Waals surface area contributed by atoms with Crippen LogP contribution < -0.4 is 20.7 Å². The Morgan fingerprint density at radius 3 is 2.21 bits per heavy atom. The Hall–Kier alpha value is -3.12. The molecule has 4 saturated carbocycles. The number of fused-ring (bicyclic) bond motifs is 1. The number of aromatic nitrogens is 1. The Morgan fingerprint density at radius 1 is 1.07 bits per heavy atom. The maximum absolute atomic E-state index is 14.5. The Kier molecular flexibility index (Phi) is 10.9. The number of likely N-dealkylation sites (tertiary alicyclic amines) is 1. The highest BCUT2D eigenvalue weighted by Gasteiger charge is 2.85. The van der Waals surface area contributed by atoms with Crippen LogP contribution in [0.1, 0.15) is 93.4 Å². The molecule has 5 N–H and O–H groups in total. The van der Waals surface area contributed by atoms with Crippen LogP contribution in [0.3, 0.4) is 0 Å². The lowest BCUT2D eigenvalue weighted by molar-refractivity contribution is -0.135. The van der Waals surface area contributed by atoms with Crippen molar-refractivity contribution in [2.45, 2.75) is 134 Å². The number of amides is 4. The molecule has 7 atom stereocenters. The molecule has 0 bridgehead atoms. The lowest BCUT2D eigenvalue weighted by atomic mass is 9.73. The van der Waals surface area contributed by atoms with Crippen molar-refractivity contribution >= 4 is 37.9 Å². The van der Waals surface area contributed by atoms with E-state index in [4.69, 9.17) is 0 Å². The van der Waals surface area contributed by atoms with E-state index >= 15 is 0 Å². The van der Waals surface area contributed by atoms with Crippen LogP contribution in [-0.4, -0.2) is 109 Å². The van der Waals surface area contributed by atoms with Gasteiger partial charge in [0.15, 0.2) is 5.03 Å². The van der Waals surface area contributed by atoms with Gasteiger partial charge in [-0.05, 0) is 78.2 Å². The molecule has 4 amide bonds. The molecule has 2 heterocycles. The number of sulfonamides is 2. The first-order valence-corrected chi connectivity index (χ1v) is 22.8. The second-order valence-corrected chi connectivity index (χ2v) is 22.8. The molecular formula is C39H61N7O8S2. The monoisotopic (exact) mass is 819 g/mol. The molecule has 1 saturated heterocycles. The summed E-state index contributed by atoms with van der Waals surface area (Å²) in [5, 5.41) is 20.4. The number of aliphatic hydroxyl groups excluding tert-OH is 1. The van der Waals surface area contributed by atoms with Gasteiger partial charge in [-0.2, -0.15) is 4.31 Å². The summed E-state index contributed by atoms with van der Waals surface area (Å²) in [6, 6.07) is 1.62. The molecule has 1 aromatic heterocycles. The first kappa shape index (κ1) is 42.5. The van der Waals surface area contributed by atoms with Crippen LogP contribution in [-0.2, 0) is 29.6 Å². The van der Waals surface area contributed by atoms with E-state index in [1.807, 2.05) is 34.6 Å².